The molecule has 0 amide bonds. The lowest BCUT2D eigenvalue weighted by Crippen LogP contribution is -2.44. The number of fused-ring (bicyclic) bond motifs is 3. The summed E-state index contributed by atoms with van der Waals surface area (Å²) in [6.07, 6.45) is 0.753. The normalized spacial score (nSPS) is 43.8. The van der Waals surface area contributed by atoms with Crippen LogP contribution in [0.5, 0.6) is 0 Å². The Kier molecular flexibility index (Phi) is 4.82. The molecule has 0 aromatic carbocycles. The van der Waals surface area contributed by atoms with E-state index < -0.39 is 47.6 Å². The van der Waals surface area contributed by atoms with Crippen molar-refractivity contribution >= 4 is 11.9 Å². The van der Waals surface area contributed by atoms with E-state index in [2.05, 4.69) is 6.58 Å². The van der Waals surface area contributed by atoms with E-state index in [9.17, 15) is 19.8 Å². The third-order valence-corrected chi connectivity index (χ3v) is 5.89. The molecule has 3 aliphatic rings. The van der Waals surface area contributed by atoms with E-state index in [0.717, 1.165) is 0 Å². The van der Waals surface area contributed by atoms with Gasteiger partial charge in [-0.25, -0.2) is 9.59 Å². The summed E-state index contributed by atoms with van der Waals surface area (Å²) >= 11 is 0. The molecule has 0 unspecified atom stereocenters. The van der Waals surface area contributed by atoms with Gasteiger partial charge in [-0.15, -0.1) is 0 Å². The molecule has 7 nitrogen and oxygen atoms in total. The van der Waals surface area contributed by atoms with Gasteiger partial charge in [-0.3, -0.25) is 0 Å². The lowest BCUT2D eigenvalue weighted by molar-refractivity contribution is -0.208. The molecule has 2 fully saturated rings. The second-order valence-electron chi connectivity index (χ2n) is 7.81. The van der Waals surface area contributed by atoms with Crippen molar-refractivity contribution in [2.75, 3.05) is 0 Å². The van der Waals surface area contributed by atoms with Crippen LogP contribution >= 0.6 is 0 Å². The van der Waals surface area contributed by atoms with Gasteiger partial charge < -0.3 is 24.4 Å². The quantitative estimate of drug-likeness (QED) is 0.427. The second-order valence-corrected chi connectivity index (χ2v) is 7.81. The lowest BCUT2D eigenvalue weighted by atomic mass is 9.80. The zero-order valence-electron chi connectivity index (χ0n) is 16.0. The molecule has 2 N–H and O–H groups in total. The number of allylic oxidation sites excluding steroid dienone is 1. The average Bonchev–Trinajstić information content (AvgIpc) is 2.99. The summed E-state index contributed by atoms with van der Waals surface area (Å²) in [4.78, 5) is 24.5. The first kappa shape index (κ1) is 19.8. The Hall–Kier alpha value is -1.96. The van der Waals surface area contributed by atoms with E-state index in [0.29, 0.717) is 11.1 Å². The summed E-state index contributed by atoms with van der Waals surface area (Å²) in [5.41, 5.74) is -0.120. The van der Waals surface area contributed by atoms with Gasteiger partial charge in [0.05, 0.1) is 17.6 Å². The topological polar surface area (TPSA) is 102 Å². The van der Waals surface area contributed by atoms with Gasteiger partial charge in [0.1, 0.15) is 12.2 Å². The molecule has 0 saturated carbocycles. The highest BCUT2D eigenvalue weighted by molar-refractivity contribution is 5.92. The molecule has 0 aromatic heterocycles. The molecule has 27 heavy (non-hydrogen) atoms. The van der Waals surface area contributed by atoms with Crippen LogP contribution in [-0.4, -0.2) is 51.9 Å². The standard InChI is InChI=1S/C20H26O7/c1-6-10(2)17(22)26-14-8-19(5)15(21)9-20(24,27-19)11(3)7-13-16(14)12(4)18(23)25-13/h6-7,13-16,21,24H,4,8-9H2,1-3,5H3/b10-6+,11-7-/t13-,14-,15-,16+,19-,20-/m1/s1. The van der Waals surface area contributed by atoms with Crippen LogP contribution in [0.4, 0.5) is 0 Å². The highest BCUT2D eigenvalue weighted by Crippen LogP contribution is 2.48. The van der Waals surface area contributed by atoms with Crippen LogP contribution in [0.1, 0.15) is 40.5 Å². The molecule has 2 saturated heterocycles. The summed E-state index contributed by atoms with van der Waals surface area (Å²) < 4.78 is 17.0. The second kappa shape index (κ2) is 6.58. The van der Waals surface area contributed by atoms with Crippen LogP contribution in [0.25, 0.3) is 0 Å². The van der Waals surface area contributed by atoms with Crippen molar-refractivity contribution in [1.29, 1.82) is 0 Å². The molecule has 0 aromatic rings. The van der Waals surface area contributed by atoms with Gasteiger partial charge in [0, 0.05) is 24.0 Å². The highest BCUT2D eigenvalue weighted by Gasteiger charge is 2.58. The minimum absolute atomic E-state index is 0.0212. The maximum atomic E-state index is 12.4. The van der Waals surface area contributed by atoms with Crippen LogP contribution < -0.4 is 0 Å². The SMILES string of the molecule is C=C1C(=O)O[C@@H]2/C=C(/C)[C@@]3(O)C[C@@H](O)[C@@](C)(C[C@@H](OC(=O)/C(C)=C/C)[C@@H]12)O3. The first-order valence-corrected chi connectivity index (χ1v) is 9.04. The average molecular weight is 378 g/mol. The molecule has 0 spiro atoms. The maximum absolute atomic E-state index is 12.4. The van der Waals surface area contributed by atoms with Crippen molar-refractivity contribution in [3.05, 3.63) is 35.5 Å². The molecular formula is C20H26O7. The van der Waals surface area contributed by atoms with Crippen molar-refractivity contribution in [1.82, 2.24) is 0 Å². The van der Waals surface area contributed by atoms with Crippen molar-refractivity contribution in [3.63, 3.8) is 0 Å². The monoisotopic (exact) mass is 378 g/mol. The molecule has 2 bridgehead atoms. The number of rotatable bonds is 2. The first-order valence-electron chi connectivity index (χ1n) is 9.04. The minimum Gasteiger partial charge on any atom is -0.458 e. The lowest BCUT2D eigenvalue weighted by Gasteiger charge is -2.34. The fraction of sp³-hybridized carbons (Fsp3) is 0.600. The third-order valence-electron chi connectivity index (χ3n) is 5.89. The molecule has 6 atom stereocenters. The number of carbonyl (C=O) groups excluding carboxylic acids is 2. The Labute approximate surface area is 158 Å². The summed E-state index contributed by atoms with van der Waals surface area (Å²) in [7, 11) is 0. The number of aliphatic hydroxyl groups excluding tert-OH is 1. The molecule has 0 aliphatic carbocycles. The maximum Gasteiger partial charge on any atom is 0.334 e. The van der Waals surface area contributed by atoms with Crippen LogP contribution in [0, 0.1) is 5.92 Å². The van der Waals surface area contributed by atoms with Crippen molar-refractivity contribution in [2.45, 2.75) is 70.2 Å². The summed E-state index contributed by atoms with van der Waals surface area (Å²) in [6.45, 7) is 10.5. The van der Waals surface area contributed by atoms with Crippen LogP contribution in [0.3, 0.4) is 0 Å². The fourth-order valence-electron chi connectivity index (χ4n) is 3.94. The van der Waals surface area contributed by atoms with E-state index in [-0.39, 0.29) is 18.4 Å². The van der Waals surface area contributed by atoms with Crippen LogP contribution in [-0.2, 0) is 23.8 Å². The van der Waals surface area contributed by atoms with Gasteiger partial charge in [0.2, 0.25) is 0 Å². The number of carbonyl (C=O) groups is 2. The molecular weight excluding hydrogens is 352 g/mol. The molecule has 7 heteroatoms. The van der Waals surface area contributed by atoms with Crippen LogP contribution in [0.15, 0.2) is 35.5 Å². The largest absolute Gasteiger partial charge is 0.458 e. The van der Waals surface area contributed by atoms with E-state index in [4.69, 9.17) is 14.2 Å². The van der Waals surface area contributed by atoms with Crippen molar-refractivity contribution < 1.29 is 34.0 Å². The Morgan fingerprint density at radius 2 is 2.11 bits per heavy atom. The van der Waals surface area contributed by atoms with Gasteiger partial charge in [0.15, 0.2) is 5.79 Å². The predicted molar refractivity (Wildman–Crippen MR) is 95.3 cm³/mol. The van der Waals surface area contributed by atoms with E-state index >= 15 is 0 Å². The van der Waals surface area contributed by atoms with E-state index in [1.807, 2.05) is 0 Å². The summed E-state index contributed by atoms with van der Waals surface area (Å²) in [6, 6.07) is 0. The Balaban J connectivity index is 2.07. The van der Waals surface area contributed by atoms with Gasteiger partial charge in [-0.2, -0.15) is 0 Å². The number of aliphatic hydroxyl groups is 2. The predicted octanol–water partition coefficient (Wildman–Crippen LogP) is 1.54. The summed E-state index contributed by atoms with van der Waals surface area (Å²) in [5, 5.41) is 21.4. The van der Waals surface area contributed by atoms with Crippen molar-refractivity contribution in [2.24, 2.45) is 5.92 Å². The summed E-state index contributed by atoms with van der Waals surface area (Å²) in [5.74, 6) is -3.39. The molecule has 3 heterocycles. The first-order chi connectivity index (χ1) is 12.5. The number of hydrogen-bond acceptors (Lipinski definition) is 7. The number of ether oxygens (including phenoxy) is 3. The molecule has 3 aliphatic heterocycles. The van der Waals surface area contributed by atoms with Gasteiger partial charge in [0.25, 0.3) is 0 Å². The number of esters is 2. The third kappa shape index (κ3) is 3.24. The fourth-order valence-corrected chi connectivity index (χ4v) is 3.94. The highest BCUT2D eigenvalue weighted by atomic mass is 16.7. The van der Waals surface area contributed by atoms with Gasteiger partial charge in [-0.1, -0.05) is 12.7 Å². The Morgan fingerprint density at radius 3 is 2.74 bits per heavy atom. The van der Waals surface area contributed by atoms with E-state index in [1.54, 1.807) is 39.8 Å². The van der Waals surface area contributed by atoms with E-state index in [1.165, 1.54) is 0 Å². The zero-order chi connectivity index (χ0) is 20.1. The minimum atomic E-state index is -1.67. The Bertz CT molecular complexity index is 751. The zero-order valence-corrected chi connectivity index (χ0v) is 16.0. The van der Waals surface area contributed by atoms with Gasteiger partial charge in [-0.05, 0) is 39.3 Å². The molecule has 148 valence electrons. The Morgan fingerprint density at radius 1 is 1.44 bits per heavy atom. The van der Waals surface area contributed by atoms with Gasteiger partial charge >= 0.3 is 11.9 Å². The molecule has 3 rings (SSSR count). The van der Waals surface area contributed by atoms with Crippen LogP contribution in [0.2, 0.25) is 0 Å². The number of hydrogen-bond donors (Lipinski definition) is 2. The molecule has 0 radical (unpaired) electrons. The smallest absolute Gasteiger partial charge is 0.334 e. The van der Waals surface area contributed by atoms with Crippen molar-refractivity contribution in [3.8, 4) is 0 Å².